The molecule has 0 fully saturated rings. The number of aryl methyl sites for hydroxylation is 1. The molecule has 0 bridgehead atoms. The van der Waals surface area contributed by atoms with Gasteiger partial charge in [0.1, 0.15) is 0 Å². The Morgan fingerprint density at radius 1 is 1.21 bits per heavy atom. The molecule has 0 aliphatic heterocycles. The van der Waals surface area contributed by atoms with Crippen LogP contribution in [0.3, 0.4) is 0 Å². The van der Waals surface area contributed by atoms with E-state index in [1.54, 1.807) is 13.0 Å². The van der Waals surface area contributed by atoms with E-state index in [1.807, 2.05) is 20.8 Å². The van der Waals surface area contributed by atoms with E-state index in [-0.39, 0.29) is 16.8 Å². The number of sulfone groups is 1. The molecule has 1 atom stereocenters. The third kappa shape index (κ3) is 4.06. The van der Waals surface area contributed by atoms with Crippen molar-refractivity contribution in [2.75, 3.05) is 6.26 Å². The van der Waals surface area contributed by atoms with Crippen LogP contribution in [0.2, 0.25) is 0 Å². The maximum absolute atomic E-state index is 12.2. The van der Waals surface area contributed by atoms with Gasteiger partial charge in [-0.1, -0.05) is 19.9 Å². The fraction of sp³-hybridized carbons (Fsp3) is 0.500. The molecular weight excluding hydrogens is 262 g/mol. The largest absolute Gasteiger partial charge is 0.349 e. The first kappa shape index (κ1) is 15.7. The molecule has 0 spiro atoms. The maximum Gasteiger partial charge on any atom is 0.251 e. The van der Waals surface area contributed by atoms with Crippen molar-refractivity contribution in [3.63, 3.8) is 0 Å². The van der Waals surface area contributed by atoms with Gasteiger partial charge in [0.05, 0.1) is 4.90 Å². The summed E-state index contributed by atoms with van der Waals surface area (Å²) in [6.07, 6.45) is 1.14. The van der Waals surface area contributed by atoms with Gasteiger partial charge in [-0.05, 0) is 37.5 Å². The summed E-state index contributed by atoms with van der Waals surface area (Å²) in [6.45, 7) is 7.76. The van der Waals surface area contributed by atoms with Crippen molar-refractivity contribution in [3.05, 3.63) is 29.3 Å². The lowest BCUT2D eigenvalue weighted by atomic mass is 10.0. The van der Waals surface area contributed by atoms with Crippen molar-refractivity contribution in [1.29, 1.82) is 0 Å². The lowest BCUT2D eigenvalue weighted by Gasteiger charge is -2.18. The van der Waals surface area contributed by atoms with Gasteiger partial charge in [0, 0.05) is 17.9 Å². The Labute approximate surface area is 115 Å². The monoisotopic (exact) mass is 283 g/mol. The number of hydrogen-bond donors (Lipinski definition) is 1. The van der Waals surface area contributed by atoms with Gasteiger partial charge in [-0.3, -0.25) is 4.79 Å². The van der Waals surface area contributed by atoms with E-state index < -0.39 is 9.84 Å². The quantitative estimate of drug-likeness (QED) is 0.921. The molecule has 1 aromatic carbocycles. The van der Waals surface area contributed by atoms with Crippen molar-refractivity contribution < 1.29 is 13.2 Å². The van der Waals surface area contributed by atoms with Crippen molar-refractivity contribution in [2.24, 2.45) is 5.92 Å². The Kier molecular flexibility index (Phi) is 4.74. The highest BCUT2D eigenvalue weighted by molar-refractivity contribution is 7.90. The molecule has 1 N–H and O–H groups in total. The summed E-state index contributed by atoms with van der Waals surface area (Å²) >= 11 is 0. The van der Waals surface area contributed by atoms with Crippen LogP contribution in [0.1, 0.15) is 36.7 Å². The van der Waals surface area contributed by atoms with Crippen LogP contribution in [0.4, 0.5) is 0 Å². The van der Waals surface area contributed by atoms with Gasteiger partial charge in [0.15, 0.2) is 9.84 Å². The van der Waals surface area contributed by atoms with E-state index >= 15 is 0 Å². The first-order valence-corrected chi connectivity index (χ1v) is 8.13. The molecule has 19 heavy (non-hydrogen) atoms. The van der Waals surface area contributed by atoms with Crippen molar-refractivity contribution in [3.8, 4) is 0 Å². The highest BCUT2D eigenvalue weighted by atomic mass is 32.2. The van der Waals surface area contributed by atoms with Crippen LogP contribution in [-0.2, 0) is 9.84 Å². The molecule has 4 nitrogen and oxygen atoms in total. The summed E-state index contributed by atoms with van der Waals surface area (Å²) in [4.78, 5) is 12.3. The zero-order valence-corrected chi connectivity index (χ0v) is 12.8. The lowest BCUT2D eigenvalue weighted by Crippen LogP contribution is -2.36. The van der Waals surface area contributed by atoms with E-state index in [4.69, 9.17) is 0 Å². The minimum atomic E-state index is -3.30. The molecule has 1 rings (SSSR count). The normalized spacial score (nSPS) is 13.4. The lowest BCUT2D eigenvalue weighted by molar-refractivity contribution is 0.0929. The van der Waals surface area contributed by atoms with Crippen LogP contribution in [0, 0.1) is 12.8 Å². The number of carbonyl (C=O) groups is 1. The van der Waals surface area contributed by atoms with Crippen molar-refractivity contribution in [1.82, 2.24) is 5.32 Å². The minimum Gasteiger partial charge on any atom is -0.349 e. The first-order valence-electron chi connectivity index (χ1n) is 6.24. The second kappa shape index (κ2) is 5.74. The summed E-state index contributed by atoms with van der Waals surface area (Å²) < 4.78 is 23.0. The minimum absolute atomic E-state index is 0.0359. The number of benzene rings is 1. The molecule has 1 aromatic rings. The fourth-order valence-electron chi connectivity index (χ4n) is 1.53. The molecule has 0 radical (unpaired) electrons. The predicted molar refractivity (Wildman–Crippen MR) is 76.1 cm³/mol. The summed E-state index contributed by atoms with van der Waals surface area (Å²) in [5, 5.41) is 2.88. The molecule has 0 saturated heterocycles. The summed E-state index contributed by atoms with van der Waals surface area (Å²) in [5.74, 6) is 0.0894. The van der Waals surface area contributed by atoms with Crippen LogP contribution < -0.4 is 5.32 Å². The van der Waals surface area contributed by atoms with Gasteiger partial charge in [-0.25, -0.2) is 8.42 Å². The SMILES string of the molecule is Cc1ccc(S(C)(=O)=O)cc1C(=O)NC(C)C(C)C. The Morgan fingerprint density at radius 2 is 1.79 bits per heavy atom. The zero-order valence-electron chi connectivity index (χ0n) is 12.0. The second-order valence-electron chi connectivity index (χ2n) is 5.26. The standard InChI is InChI=1S/C14H21NO3S/c1-9(2)11(4)15-14(16)13-8-12(19(5,17)18)7-6-10(13)3/h6-9,11H,1-5H3,(H,15,16). The number of hydrogen-bond acceptors (Lipinski definition) is 3. The highest BCUT2D eigenvalue weighted by Gasteiger charge is 2.17. The average molecular weight is 283 g/mol. The van der Waals surface area contributed by atoms with Gasteiger partial charge in [0.2, 0.25) is 0 Å². The van der Waals surface area contributed by atoms with E-state index in [9.17, 15) is 13.2 Å². The van der Waals surface area contributed by atoms with Crippen LogP contribution in [0.5, 0.6) is 0 Å². The molecule has 1 amide bonds. The Balaban J connectivity index is 3.10. The molecule has 0 saturated carbocycles. The maximum atomic E-state index is 12.2. The van der Waals surface area contributed by atoms with Crippen LogP contribution >= 0.6 is 0 Å². The molecule has 0 heterocycles. The third-order valence-electron chi connectivity index (χ3n) is 3.24. The van der Waals surface area contributed by atoms with Gasteiger partial charge in [-0.2, -0.15) is 0 Å². The molecule has 1 unspecified atom stereocenters. The number of carbonyl (C=O) groups excluding carboxylic acids is 1. The van der Waals surface area contributed by atoms with Gasteiger partial charge in [-0.15, -0.1) is 0 Å². The Bertz CT molecular complexity index is 576. The van der Waals surface area contributed by atoms with Gasteiger partial charge >= 0.3 is 0 Å². The van der Waals surface area contributed by atoms with E-state index in [1.165, 1.54) is 12.1 Å². The van der Waals surface area contributed by atoms with Crippen LogP contribution in [-0.4, -0.2) is 26.6 Å². The molecule has 5 heteroatoms. The number of nitrogens with one attached hydrogen (secondary N) is 1. The van der Waals surface area contributed by atoms with E-state index in [0.29, 0.717) is 11.5 Å². The van der Waals surface area contributed by atoms with Crippen LogP contribution in [0.25, 0.3) is 0 Å². The number of rotatable bonds is 4. The summed E-state index contributed by atoms with van der Waals surface area (Å²) in [7, 11) is -3.30. The molecular formula is C14H21NO3S. The van der Waals surface area contributed by atoms with Crippen molar-refractivity contribution >= 4 is 15.7 Å². The predicted octanol–water partition coefficient (Wildman–Crippen LogP) is 2.17. The highest BCUT2D eigenvalue weighted by Crippen LogP contribution is 2.16. The summed E-state index contributed by atoms with van der Waals surface area (Å²) in [5.41, 5.74) is 1.18. The number of amides is 1. The Morgan fingerprint density at radius 3 is 2.26 bits per heavy atom. The van der Waals surface area contributed by atoms with Gasteiger partial charge < -0.3 is 5.32 Å². The van der Waals surface area contributed by atoms with Gasteiger partial charge in [0.25, 0.3) is 5.91 Å². The zero-order chi connectivity index (χ0) is 14.8. The fourth-order valence-corrected chi connectivity index (χ4v) is 2.17. The average Bonchev–Trinajstić information content (AvgIpc) is 2.27. The van der Waals surface area contributed by atoms with E-state index in [2.05, 4.69) is 5.32 Å². The first-order chi connectivity index (χ1) is 8.62. The topological polar surface area (TPSA) is 63.2 Å². The third-order valence-corrected chi connectivity index (χ3v) is 4.35. The van der Waals surface area contributed by atoms with Crippen LogP contribution in [0.15, 0.2) is 23.1 Å². The smallest absolute Gasteiger partial charge is 0.251 e. The molecule has 0 aliphatic carbocycles. The van der Waals surface area contributed by atoms with Crippen molar-refractivity contribution in [2.45, 2.75) is 38.6 Å². The molecule has 106 valence electrons. The second-order valence-corrected chi connectivity index (χ2v) is 7.27. The Hall–Kier alpha value is -1.36. The summed E-state index contributed by atoms with van der Waals surface area (Å²) in [6, 6.07) is 4.65. The molecule has 0 aliphatic rings. The molecule has 0 aromatic heterocycles. The van der Waals surface area contributed by atoms with E-state index in [0.717, 1.165) is 11.8 Å².